The van der Waals surface area contributed by atoms with E-state index in [1.165, 1.54) is 6.42 Å². The first kappa shape index (κ1) is 13.9. The molecule has 3 N–H and O–H groups in total. The van der Waals surface area contributed by atoms with Crippen LogP contribution in [0.1, 0.15) is 47.5 Å². The van der Waals surface area contributed by atoms with Crippen LogP contribution in [0.2, 0.25) is 0 Å². The molecule has 0 radical (unpaired) electrons. The van der Waals surface area contributed by atoms with Gasteiger partial charge in [-0.25, -0.2) is 0 Å². The monoisotopic (exact) mass is 200 g/mol. The molecule has 0 aliphatic heterocycles. The third-order valence-electron chi connectivity index (χ3n) is 2.58. The van der Waals surface area contributed by atoms with Crippen LogP contribution in [0.25, 0.3) is 0 Å². The van der Waals surface area contributed by atoms with Crippen LogP contribution >= 0.6 is 0 Å². The Hall–Kier alpha value is -0.0800. The molecule has 0 fully saturated rings. The lowest BCUT2D eigenvalue weighted by atomic mass is 9.89. The quantitative estimate of drug-likeness (QED) is 0.646. The topological polar surface area (TPSA) is 38.0 Å². The van der Waals surface area contributed by atoms with Gasteiger partial charge in [0.15, 0.2) is 0 Å². The van der Waals surface area contributed by atoms with E-state index in [0.29, 0.717) is 5.41 Å². The first-order valence-electron chi connectivity index (χ1n) is 5.68. The van der Waals surface area contributed by atoms with Gasteiger partial charge in [-0.05, 0) is 43.3 Å². The standard InChI is InChI=1S/C12H28N2/c1-11(2,3)6-8-14-9-7-12(4,5)10-13/h14H,6-10,13H2,1-5H3. The van der Waals surface area contributed by atoms with Gasteiger partial charge in [0.25, 0.3) is 0 Å². The molecule has 0 atom stereocenters. The largest absolute Gasteiger partial charge is 0.330 e. The predicted octanol–water partition coefficient (Wildman–Crippen LogP) is 2.39. The Labute approximate surface area is 89.6 Å². The van der Waals surface area contributed by atoms with Crippen LogP contribution in [0.15, 0.2) is 0 Å². The van der Waals surface area contributed by atoms with Crippen molar-refractivity contribution in [1.82, 2.24) is 5.32 Å². The van der Waals surface area contributed by atoms with Crippen LogP contribution in [0, 0.1) is 10.8 Å². The van der Waals surface area contributed by atoms with Gasteiger partial charge in [-0.15, -0.1) is 0 Å². The molecule has 0 aliphatic rings. The van der Waals surface area contributed by atoms with Gasteiger partial charge in [-0.1, -0.05) is 34.6 Å². The summed E-state index contributed by atoms with van der Waals surface area (Å²) in [5, 5.41) is 3.48. The number of nitrogens with one attached hydrogen (secondary N) is 1. The second-order valence-corrected chi connectivity index (χ2v) is 6.18. The van der Waals surface area contributed by atoms with Gasteiger partial charge in [0, 0.05) is 0 Å². The average molecular weight is 200 g/mol. The van der Waals surface area contributed by atoms with E-state index >= 15 is 0 Å². The molecular formula is C12H28N2. The first-order chi connectivity index (χ1) is 6.27. The fourth-order valence-corrected chi connectivity index (χ4v) is 1.12. The van der Waals surface area contributed by atoms with E-state index in [2.05, 4.69) is 39.9 Å². The summed E-state index contributed by atoms with van der Waals surface area (Å²) in [7, 11) is 0. The van der Waals surface area contributed by atoms with Crippen LogP contribution in [0.4, 0.5) is 0 Å². The van der Waals surface area contributed by atoms with Crippen molar-refractivity contribution >= 4 is 0 Å². The number of hydrogen-bond acceptors (Lipinski definition) is 2. The lowest BCUT2D eigenvalue weighted by molar-refractivity contribution is 0.324. The number of rotatable bonds is 6. The van der Waals surface area contributed by atoms with E-state index in [4.69, 9.17) is 5.73 Å². The molecule has 0 saturated carbocycles. The molecule has 2 heteroatoms. The van der Waals surface area contributed by atoms with Gasteiger partial charge in [-0.2, -0.15) is 0 Å². The predicted molar refractivity (Wildman–Crippen MR) is 64.4 cm³/mol. The second kappa shape index (κ2) is 5.72. The minimum Gasteiger partial charge on any atom is -0.330 e. The molecule has 0 saturated heterocycles. The van der Waals surface area contributed by atoms with Crippen molar-refractivity contribution in [3.05, 3.63) is 0 Å². The Balaban J connectivity index is 3.39. The summed E-state index contributed by atoms with van der Waals surface area (Å²) in [6.45, 7) is 14.2. The minimum absolute atomic E-state index is 0.286. The Morgan fingerprint density at radius 2 is 1.43 bits per heavy atom. The van der Waals surface area contributed by atoms with Crippen molar-refractivity contribution in [2.45, 2.75) is 47.5 Å². The third kappa shape index (κ3) is 8.52. The van der Waals surface area contributed by atoms with Crippen molar-refractivity contribution < 1.29 is 0 Å². The minimum atomic E-state index is 0.286. The molecule has 14 heavy (non-hydrogen) atoms. The van der Waals surface area contributed by atoms with Crippen molar-refractivity contribution in [3.63, 3.8) is 0 Å². The lowest BCUT2D eigenvalue weighted by Gasteiger charge is -2.23. The van der Waals surface area contributed by atoms with Gasteiger partial charge < -0.3 is 11.1 Å². The smallest absolute Gasteiger partial charge is 0.00253 e. The average Bonchev–Trinajstić information content (AvgIpc) is 2.01. The zero-order chi connectivity index (χ0) is 11.2. The second-order valence-electron chi connectivity index (χ2n) is 6.18. The van der Waals surface area contributed by atoms with Crippen LogP contribution in [0.5, 0.6) is 0 Å². The van der Waals surface area contributed by atoms with Crippen molar-refractivity contribution in [1.29, 1.82) is 0 Å². The molecule has 0 aromatic rings. The molecule has 0 rings (SSSR count). The number of hydrogen-bond donors (Lipinski definition) is 2. The fraction of sp³-hybridized carbons (Fsp3) is 1.00. The van der Waals surface area contributed by atoms with Crippen LogP contribution in [-0.2, 0) is 0 Å². The van der Waals surface area contributed by atoms with Crippen molar-refractivity contribution in [2.75, 3.05) is 19.6 Å². The zero-order valence-corrected chi connectivity index (χ0v) is 10.6. The van der Waals surface area contributed by atoms with E-state index < -0.39 is 0 Å². The van der Waals surface area contributed by atoms with E-state index in [1.54, 1.807) is 0 Å². The highest BCUT2D eigenvalue weighted by molar-refractivity contribution is 4.71. The highest BCUT2D eigenvalue weighted by Crippen LogP contribution is 2.18. The maximum Gasteiger partial charge on any atom is -0.00253 e. The Bertz CT molecular complexity index is 145. The molecule has 0 spiro atoms. The SMILES string of the molecule is CC(C)(C)CCNCCC(C)(C)CN. The van der Waals surface area contributed by atoms with Crippen LogP contribution < -0.4 is 11.1 Å². The summed E-state index contributed by atoms with van der Waals surface area (Å²) in [5.41, 5.74) is 6.39. The summed E-state index contributed by atoms with van der Waals surface area (Å²) in [4.78, 5) is 0. The van der Waals surface area contributed by atoms with Gasteiger partial charge in [0.05, 0.1) is 0 Å². The Morgan fingerprint density at radius 1 is 0.929 bits per heavy atom. The number of nitrogens with two attached hydrogens (primary N) is 1. The molecule has 0 aliphatic carbocycles. The van der Waals surface area contributed by atoms with Gasteiger partial charge >= 0.3 is 0 Å². The molecule has 0 amide bonds. The normalized spacial score (nSPS) is 13.3. The highest BCUT2D eigenvalue weighted by atomic mass is 14.8. The molecule has 2 nitrogen and oxygen atoms in total. The van der Waals surface area contributed by atoms with Gasteiger partial charge in [0.1, 0.15) is 0 Å². The van der Waals surface area contributed by atoms with Crippen molar-refractivity contribution in [2.24, 2.45) is 16.6 Å². The molecule has 0 aromatic heterocycles. The van der Waals surface area contributed by atoms with Gasteiger partial charge in [0.2, 0.25) is 0 Å². The molecule has 0 heterocycles. The van der Waals surface area contributed by atoms with E-state index in [1.807, 2.05) is 0 Å². The third-order valence-corrected chi connectivity index (χ3v) is 2.58. The molecule has 0 aromatic carbocycles. The van der Waals surface area contributed by atoms with Gasteiger partial charge in [-0.3, -0.25) is 0 Å². The van der Waals surface area contributed by atoms with Crippen molar-refractivity contribution in [3.8, 4) is 0 Å². The van der Waals surface area contributed by atoms with E-state index in [-0.39, 0.29) is 5.41 Å². The summed E-state index contributed by atoms with van der Waals surface area (Å²) in [6.07, 6.45) is 2.39. The van der Waals surface area contributed by atoms with E-state index in [9.17, 15) is 0 Å². The summed E-state index contributed by atoms with van der Waals surface area (Å²) in [6, 6.07) is 0. The molecular weight excluding hydrogens is 172 g/mol. The van der Waals surface area contributed by atoms with Crippen LogP contribution in [-0.4, -0.2) is 19.6 Å². The van der Waals surface area contributed by atoms with E-state index in [0.717, 1.165) is 26.1 Å². The summed E-state index contributed by atoms with van der Waals surface area (Å²) in [5.74, 6) is 0. The maximum absolute atomic E-state index is 5.66. The molecule has 86 valence electrons. The summed E-state index contributed by atoms with van der Waals surface area (Å²) >= 11 is 0. The Kier molecular flexibility index (Phi) is 5.68. The highest BCUT2D eigenvalue weighted by Gasteiger charge is 2.14. The Morgan fingerprint density at radius 3 is 1.86 bits per heavy atom. The maximum atomic E-state index is 5.66. The molecule has 0 unspecified atom stereocenters. The zero-order valence-electron chi connectivity index (χ0n) is 10.6. The lowest BCUT2D eigenvalue weighted by Crippen LogP contribution is -2.29. The first-order valence-corrected chi connectivity index (χ1v) is 5.68. The molecule has 0 bridgehead atoms. The van der Waals surface area contributed by atoms with Crippen LogP contribution in [0.3, 0.4) is 0 Å². The fourth-order valence-electron chi connectivity index (χ4n) is 1.12. The summed E-state index contributed by atoms with van der Waals surface area (Å²) < 4.78 is 0.